The van der Waals surface area contributed by atoms with Gasteiger partial charge in [-0.1, -0.05) is 12.1 Å². The van der Waals surface area contributed by atoms with Crippen LogP contribution in [0.5, 0.6) is 0 Å². The summed E-state index contributed by atoms with van der Waals surface area (Å²) in [6.45, 7) is 2.12. The van der Waals surface area contributed by atoms with Crippen LogP contribution in [0.15, 0.2) is 39.6 Å². The second kappa shape index (κ2) is 5.84. The molecule has 2 rings (SSSR count). The summed E-state index contributed by atoms with van der Waals surface area (Å²) >= 11 is 1.66. The molecule has 0 bridgehead atoms. The molecule has 0 atom stereocenters. The van der Waals surface area contributed by atoms with Crippen LogP contribution in [0.4, 0.5) is 5.69 Å². The molecule has 1 aromatic heterocycles. The van der Waals surface area contributed by atoms with E-state index in [4.69, 9.17) is 9.52 Å². The number of nitrogens with one attached hydrogen (secondary N) is 1. The molecule has 2 aromatic rings. The molecule has 0 amide bonds. The van der Waals surface area contributed by atoms with Crippen molar-refractivity contribution in [3.05, 3.63) is 47.4 Å². The second-order valence-electron chi connectivity index (χ2n) is 4.04. The van der Waals surface area contributed by atoms with Gasteiger partial charge >= 0.3 is 5.97 Å². The van der Waals surface area contributed by atoms with Gasteiger partial charge in [-0.2, -0.15) is 0 Å². The number of furan rings is 1. The number of hydrogen-bond donors (Lipinski definition) is 2. The van der Waals surface area contributed by atoms with E-state index in [1.54, 1.807) is 24.8 Å². The van der Waals surface area contributed by atoms with Crippen LogP contribution in [0.3, 0.4) is 0 Å². The molecule has 0 aliphatic rings. The first kappa shape index (κ1) is 13.5. The standard InChI is InChI=1S/C14H15NO3S/c1-9-11(14(16)17)7-10(18-9)8-15-12-5-3-4-6-13(12)19-2/h3-7,15H,8H2,1-2H3,(H,16,17). The van der Waals surface area contributed by atoms with E-state index in [0.29, 0.717) is 18.1 Å². The molecule has 19 heavy (non-hydrogen) atoms. The largest absolute Gasteiger partial charge is 0.478 e. The second-order valence-corrected chi connectivity index (χ2v) is 4.89. The van der Waals surface area contributed by atoms with Gasteiger partial charge in [-0.05, 0) is 31.4 Å². The minimum absolute atomic E-state index is 0.218. The van der Waals surface area contributed by atoms with Gasteiger partial charge in [0.25, 0.3) is 0 Å². The highest BCUT2D eigenvalue weighted by Gasteiger charge is 2.13. The van der Waals surface area contributed by atoms with E-state index in [2.05, 4.69) is 5.32 Å². The van der Waals surface area contributed by atoms with Crippen LogP contribution in [0.1, 0.15) is 21.9 Å². The lowest BCUT2D eigenvalue weighted by Gasteiger charge is -2.08. The molecule has 2 N–H and O–H groups in total. The van der Waals surface area contributed by atoms with Crippen molar-refractivity contribution in [1.82, 2.24) is 0 Å². The summed E-state index contributed by atoms with van der Waals surface area (Å²) < 4.78 is 5.42. The molecule has 1 aromatic carbocycles. The number of hydrogen-bond acceptors (Lipinski definition) is 4. The quantitative estimate of drug-likeness (QED) is 0.817. The summed E-state index contributed by atoms with van der Waals surface area (Å²) in [4.78, 5) is 12.1. The Hall–Kier alpha value is -1.88. The van der Waals surface area contributed by atoms with Crippen LogP contribution in [-0.4, -0.2) is 17.3 Å². The molecular weight excluding hydrogens is 262 g/mol. The van der Waals surface area contributed by atoms with Crippen molar-refractivity contribution in [1.29, 1.82) is 0 Å². The highest BCUT2D eigenvalue weighted by molar-refractivity contribution is 7.98. The van der Waals surface area contributed by atoms with Gasteiger partial charge in [0.2, 0.25) is 0 Å². The first-order valence-electron chi connectivity index (χ1n) is 5.81. The SMILES string of the molecule is CSc1ccccc1NCc1cc(C(=O)O)c(C)o1. The Labute approximate surface area is 115 Å². The minimum atomic E-state index is -0.961. The zero-order valence-electron chi connectivity index (χ0n) is 10.8. The predicted octanol–water partition coefficient (Wildman–Crippen LogP) is 3.62. The normalized spacial score (nSPS) is 10.4. The fourth-order valence-electron chi connectivity index (χ4n) is 1.82. The number of thioether (sulfide) groups is 1. The van der Waals surface area contributed by atoms with Crippen LogP contribution in [-0.2, 0) is 6.54 Å². The fraction of sp³-hybridized carbons (Fsp3) is 0.214. The Balaban J connectivity index is 2.10. The highest BCUT2D eigenvalue weighted by atomic mass is 32.2. The summed E-state index contributed by atoms with van der Waals surface area (Å²) in [6.07, 6.45) is 2.01. The minimum Gasteiger partial charge on any atom is -0.478 e. The van der Waals surface area contributed by atoms with Gasteiger partial charge in [-0.3, -0.25) is 0 Å². The van der Waals surface area contributed by atoms with Crippen molar-refractivity contribution in [2.24, 2.45) is 0 Å². The number of carbonyl (C=O) groups is 1. The van der Waals surface area contributed by atoms with Crippen molar-refractivity contribution in [2.75, 3.05) is 11.6 Å². The Morgan fingerprint density at radius 1 is 1.42 bits per heavy atom. The van der Waals surface area contributed by atoms with E-state index in [9.17, 15) is 4.79 Å². The van der Waals surface area contributed by atoms with Gasteiger partial charge in [0.15, 0.2) is 0 Å². The Morgan fingerprint density at radius 3 is 2.79 bits per heavy atom. The summed E-state index contributed by atoms with van der Waals surface area (Å²) in [6, 6.07) is 9.52. The third-order valence-corrected chi connectivity index (χ3v) is 3.56. The number of aryl methyl sites for hydroxylation is 1. The van der Waals surface area contributed by atoms with Crippen LogP contribution in [0.2, 0.25) is 0 Å². The average molecular weight is 277 g/mol. The molecule has 0 aliphatic heterocycles. The number of rotatable bonds is 5. The van der Waals surface area contributed by atoms with Gasteiger partial charge in [-0.25, -0.2) is 4.79 Å². The molecule has 0 saturated carbocycles. The number of para-hydroxylation sites is 1. The Kier molecular flexibility index (Phi) is 4.16. The molecule has 1 heterocycles. The van der Waals surface area contributed by atoms with E-state index in [0.717, 1.165) is 10.6 Å². The van der Waals surface area contributed by atoms with Crippen molar-refractivity contribution >= 4 is 23.4 Å². The van der Waals surface area contributed by atoms with E-state index in [-0.39, 0.29) is 5.56 Å². The molecule has 0 unspecified atom stereocenters. The molecular formula is C14H15NO3S. The molecule has 4 nitrogen and oxygen atoms in total. The predicted molar refractivity (Wildman–Crippen MR) is 76.0 cm³/mol. The number of carboxylic acid groups (broad SMARTS) is 1. The smallest absolute Gasteiger partial charge is 0.339 e. The molecule has 100 valence electrons. The lowest BCUT2D eigenvalue weighted by molar-refractivity contribution is 0.0695. The topological polar surface area (TPSA) is 62.5 Å². The van der Waals surface area contributed by atoms with Gasteiger partial charge < -0.3 is 14.8 Å². The molecule has 5 heteroatoms. The van der Waals surface area contributed by atoms with Crippen LogP contribution in [0, 0.1) is 6.92 Å². The first-order valence-corrected chi connectivity index (χ1v) is 7.03. The van der Waals surface area contributed by atoms with E-state index >= 15 is 0 Å². The van der Waals surface area contributed by atoms with Crippen molar-refractivity contribution in [2.45, 2.75) is 18.4 Å². The summed E-state index contributed by atoms with van der Waals surface area (Å²) in [7, 11) is 0. The Bertz CT molecular complexity index is 592. The molecule has 0 fully saturated rings. The van der Waals surface area contributed by atoms with Gasteiger partial charge in [0, 0.05) is 10.6 Å². The molecule has 0 spiro atoms. The summed E-state index contributed by atoms with van der Waals surface area (Å²) in [5.74, 6) is 0.0882. The van der Waals surface area contributed by atoms with Gasteiger partial charge in [-0.15, -0.1) is 11.8 Å². The summed E-state index contributed by atoms with van der Waals surface area (Å²) in [5, 5.41) is 12.2. The van der Waals surface area contributed by atoms with E-state index in [1.165, 1.54) is 0 Å². The maximum atomic E-state index is 10.9. The molecule has 0 aliphatic carbocycles. The van der Waals surface area contributed by atoms with Crippen LogP contribution < -0.4 is 5.32 Å². The number of aromatic carboxylic acids is 1. The maximum absolute atomic E-state index is 10.9. The lowest BCUT2D eigenvalue weighted by atomic mass is 10.2. The van der Waals surface area contributed by atoms with E-state index < -0.39 is 5.97 Å². The highest BCUT2D eigenvalue weighted by Crippen LogP contribution is 2.25. The molecule has 0 saturated heterocycles. The third-order valence-electron chi connectivity index (χ3n) is 2.76. The summed E-state index contributed by atoms with van der Waals surface area (Å²) in [5.41, 5.74) is 1.23. The Morgan fingerprint density at radius 2 is 2.16 bits per heavy atom. The van der Waals surface area contributed by atoms with Gasteiger partial charge in [0.1, 0.15) is 17.1 Å². The molecule has 0 radical (unpaired) electrons. The zero-order valence-corrected chi connectivity index (χ0v) is 11.6. The van der Waals surface area contributed by atoms with Gasteiger partial charge in [0.05, 0.1) is 6.54 Å². The zero-order chi connectivity index (χ0) is 13.8. The van der Waals surface area contributed by atoms with Crippen LogP contribution >= 0.6 is 11.8 Å². The lowest BCUT2D eigenvalue weighted by Crippen LogP contribution is -1.99. The van der Waals surface area contributed by atoms with Crippen molar-refractivity contribution < 1.29 is 14.3 Å². The van der Waals surface area contributed by atoms with Crippen LogP contribution in [0.25, 0.3) is 0 Å². The fourth-order valence-corrected chi connectivity index (χ4v) is 2.39. The maximum Gasteiger partial charge on any atom is 0.339 e. The first-order chi connectivity index (χ1) is 9.11. The average Bonchev–Trinajstić information content (AvgIpc) is 2.78. The number of benzene rings is 1. The number of anilines is 1. The number of carboxylic acids is 1. The van der Waals surface area contributed by atoms with Crippen molar-refractivity contribution in [3.8, 4) is 0 Å². The third kappa shape index (κ3) is 3.12. The van der Waals surface area contributed by atoms with Crippen molar-refractivity contribution in [3.63, 3.8) is 0 Å². The van der Waals surface area contributed by atoms with E-state index in [1.807, 2.05) is 30.5 Å². The monoisotopic (exact) mass is 277 g/mol.